The monoisotopic (exact) mass is 365 g/mol. The van der Waals surface area contributed by atoms with Crippen LogP contribution >= 0.6 is 11.9 Å². The highest BCUT2D eigenvalue weighted by Crippen LogP contribution is 2.30. The Balaban J connectivity index is 0.00000134. The van der Waals surface area contributed by atoms with Gasteiger partial charge in [-0.05, 0) is 42.7 Å². The van der Waals surface area contributed by atoms with E-state index >= 15 is 0 Å². The number of hydrogen-bond acceptors (Lipinski definition) is 4. The van der Waals surface area contributed by atoms with Crippen LogP contribution in [0.3, 0.4) is 0 Å². The normalized spacial score (nSPS) is 9.72. The van der Waals surface area contributed by atoms with Gasteiger partial charge in [-0.3, -0.25) is 4.31 Å². The molecule has 0 spiro atoms. The number of halogens is 1. The molecule has 0 atom stereocenters. The van der Waals surface area contributed by atoms with Gasteiger partial charge in [-0.15, -0.1) is 0 Å². The topological polar surface area (TPSA) is 29.0 Å². The van der Waals surface area contributed by atoms with Gasteiger partial charge < -0.3 is 0 Å². The third-order valence-electron chi connectivity index (χ3n) is 3.39. The van der Waals surface area contributed by atoms with Crippen LogP contribution in [0.25, 0.3) is 11.3 Å². The van der Waals surface area contributed by atoms with E-state index in [1.54, 1.807) is 24.1 Å². The molecule has 0 radical (unpaired) electrons. The van der Waals surface area contributed by atoms with Crippen molar-refractivity contribution in [1.29, 1.82) is 0 Å². The van der Waals surface area contributed by atoms with Gasteiger partial charge in [0.2, 0.25) is 5.95 Å². The van der Waals surface area contributed by atoms with Gasteiger partial charge in [-0.25, -0.2) is 14.4 Å². The molecular weight excluding hydrogens is 333 g/mol. The molecule has 0 saturated heterocycles. The summed E-state index contributed by atoms with van der Waals surface area (Å²) in [7, 11) is 1.94. The first kappa shape index (κ1) is 23.4. The summed E-state index contributed by atoms with van der Waals surface area (Å²) < 4.78 is 15.1. The number of rotatable bonds is 4. The SMILES string of the molecule is CC.CC.CSN(C)c1nc(-c2ccc(F)cc2)c(C)c(C(C)C)n1. The molecule has 25 heavy (non-hydrogen) atoms. The number of anilines is 1. The minimum atomic E-state index is -0.240. The summed E-state index contributed by atoms with van der Waals surface area (Å²) in [5.74, 6) is 0.744. The van der Waals surface area contributed by atoms with Gasteiger partial charge in [0.05, 0.1) is 11.4 Å². The summed E-state index contributed by atoms with van der Waals surface area (Å²) >= 11 is 1.56. The van der Waals surface area contributed by atoms with Crippen LogP contribution in [0.15, 0.2) is 24.3 Å². The first-order valence-electron chi connectivity index (χ1n) is 8.86. The number of benzene rings is 1. The van der Waals surface area contributed by atoms with Crippen molar-refractivity contribution in [2.24, 2.45) is 0 Å². The predicted molar refractivity (Wildman–Crippen MR) is 111 cm³/mol. The summed E-state index contributed by atoms with van der Waals surface area (Å²) in [6.45, 7) is 14.3. The summed E-state index contributed by atoms with van der Waals surface area (Å²) in [5.41, 5.74) is 3.86. The molecule has 0 aliphatic heterocycles. The quantitative estimate of drug-likeness (QED) is 0.580. The highest BCUT2D eigenvalue weighted by Gasteiger charge is 2.16. The molecule has 0 bridgehead atoms. The minimum absolute atomic E-state index is 0.240. The Morgan fingerprint density at radius 3 is 1.96 bits per heavy atom. The fraction of sp³-hybridized carbons (Fsp3) is 0.500. The van der Waals surface area contributed by atoms with Crippen molar-refractivity contribution in [1.82, 2.24) is 9.97 Å². The van der Waals surface area contributed by atoms with Gasteiger partial charge in [0.1, 0.15) is 5.82 Å². The van der Waals surface area contributed by atoms with Gasteiger partial charge in [0.25, 0.3) is 0 Å². The molecule has 0 amide bonds. The number of nitrogens with zero attached hydrogens (tertiary/aromatic N) is 3. The maximum Gasteiger partial charge on any atom is 0.236 e. The van der Waals surface area contributed by atoms with Gasteiger partial charge in [0.15, 0.2) is 0 Å². The molecule has 1 aromatic heterocycles. The second-order valence-electron chi connectivity index (χ2n) is 5.22. The van der Waals surface area contributed by atoms with Crippen LogP contribution in [0.2, 0.25) is 0 Å². The van der Waals surface area contributed by atoms with Crippen molar-refractivity contribution in [3.8, 4) is 11.3 Å². The maximum atomic E-state index is 13.1. The Kier molecular flexibility index (Phi) is 11.1. The van der Waals surface area contributed by atoms with Crippen LogP contribution in [0.5, 0.6) is 0 Å². The van der Waals surface area contributed by atoms with E-state index in [-0.39, 0.29) is 5.82 Å². The lowest BCUT2D eigenvalue weighted by molar-refractivity contribution is 0.628. The Hall–Kier alpha value is -1.62. The molecular formula is C20H32FN3S. The lowest BCUT2D eigenvalue weighted by Crippen LogP contribution is -2.13. The molecule has 3 nitrogen and oxygen atoms in total. The van der Waals surface area contributed by atoms with E-state index in [0.29, 0.717) is 11.9 Å². The molecule has 0 N–H and O–H groups in total. The first-order valence-corrected chi connectivity index (χ1v) is 10.0. The van der Waals surface area contributed by atoms with Gasteiger partial charge in [-0.2, -0.15) is 0 Å². The highest BCUT2D eigenvalue weighted by molar-refractivity contribution is 7.99. The van der Waals surface area contributed by atoms with E-state index in [2.05, 4.69) is 23.8 Å². The first-order chi connectivity index (χ1) is 11.9. The number of hydrogen-bond donors (Lipinski definition) is 0. The summed E-state index contributed by atoms with van der Waals surface area (Å²) in [4.78, 5) is 9.32. The summed E-state index contributed by atoms with van der Waals surface area (Å²) in [6, 6.07) is 6.45. The zero-order valence-electron chi connectivity index (χ0n) is 17.0. The van der Waals surface area contributed by atoms with E-state index in [4.69, 9.17) is 0 Å². The molecule has 1 heterocycles. The van der Waals surface area contributed by atoms with Gasteiger partial charge in [0, 0.05) is 18.9 Å². The highest BCUT2D eigenvalue weighted by atomic mass is 32.2. The van der Waals surface area contributed by atoms with E-state index in [9.17, 15) is 4.39 Å². The predicted octanol–water partition coefficient (Wildman–Crippen LogP) is 6.48. The Labute approximate surface area is 157 Å². The summed E-state index contributed by atoms with van der Waals surface area (Å²) in [5, 5.41) is 0. The molecule has 2 aromatic rings. The lowest BCUT2D eigenvalue weighted by atomic mass is 10.00. The zero-order chi connectivity index (χ0) is 19.6. The molecule has 1 aromatic carbocycles. The average Bonchev–Trinajstić information content (AvgIpc) is 2.65. The van der Waals surface area contributed by atoms with E-state index in [0.717, 1.165) is 22.5 Å². The van der Waals surface area contributed by atoms with Crippen molar-refractivity contribution in [2.75, 3.05) is 17.6 Å². The molecule has 2 rings (SSSR count). The third kappa shape index (κ3) is 6.31. The van der Waals surface area contributed by atoms with E-state index in [1.165, 1.54) is 12.1 Å². The van der Waals surface area contributed by atoms with Crippen LogP contribution in [-0.4, -0.2) is 23.3 Å². The second kappa shape index (κ2) is 11.9. The fourth-order valence-corrected chi connectivity index (χ4v) is 2.44. The van der Waals surface area contributed by atoms with Crippen molar-refractivity contribution in [2.45, 2.75) is 54.4 Å². The largest absolute Gasteiger partial charge is 0.288 e. The molecule has 0 aliphatic carbocycles. The smallest absolute Gasteiger partial charge is 0.236 e. The van der Waals surface area contributed by atoms with Crippen LogP contribution in [0, 0.1) is 12.7 Å². The Morgan fingerprint density at radius 2 is 1.52 bits per heavy atom. The van der Waals surface area contributed by atoms with Crippen LogP contribution in [-0.2, 0) is 0 Å². The van der Waals surface area contributed by atoms with Gasteiger partial charge in [-0.1, -0.05) is 53.5 Å². The molecule has 0 aliphatic rings. The van der Waals surface area contributed by atoms with Crippen molar-refractivity contribution in [3.05, 3.63) is 41.3 Å². The molecule has 5 heteroatoms. The third-order valence-corrected chi connectivity index (χ3v) is 4.10. The minimum Gasteiger partial charge on any atom is -0.288 e. The fourth-order valence-electron chi connectivity index (χ4n) is 2.20. The number of aromatic nitrogens is 2. The lowest BCUT2D eigenvalue weighted by Gasteiger charge is -2.19. The van der Waals surface area contributed by atoms with Gasteiger partial charge >= 0.3 is 0 Å². The Bertz CT molecular complexity index is 628. The summed E-state index contributed by atoms with van der Waals surface area (Å²) in [6.07, 6.45) is 1.98. The van der Waals surface area contributed by atoms with Crippen LogP contribution < -0.4 is 4.31 Å². The van der Waals surface area contributed by atoms with Crippen LogP contribution in [0.4, 0.5) is 10.3 Å². The molecule has 0 unspecified atom stereocenters. The molecule has 140 valence electrons. The molecule has 0 saturated carbocycles. The second-order valence-corrected chi connectivity index (χ2v) is 6.14. The Morgan fingerprint density at radius 1 is 1.00 bits per heavy atom. The standard InChI is InChI=1S/C16H20FN3S.2C2H6/c1-10(2)14-11(3)15(12-6-8-13(17)9-7-12)19-16(18-14)20(4)21-5;2*1-2/h6-10H,1-5H3;2*1-2H3. The van der Waals surface area contributed by atoms with Crippen molar-refractivity contribution in [3.63, 3.8) is 0 Å². The zero-order valence-corrected chi connectivity index (χ0v) is 17.8. The van der Waals surface area contributed by atoms with E-state index in [1.807, 2.05) is 52.2 Å². The van der Waals surface area contributed by atoms with Crippen molar-refractivity contribution < 1.29 is 4.39 Å². The molecule has 0 fully saturated rings. The van der Waals surface area contributed by atoms with E-state index < -0.39 is 0 Å². The average molecular weight is 366 g/mol. The maximum absolute atomic E-state index is 13.1. The van der Waals surface area contributed by atoms with Crippen molar-refractivity contribution >= 4 is 17.9 Å². The van der Waals surface area contributed by atoms with Crippen LogP contribution in [0.1, 0.15) is 58.7 Å².